The third-order valence-corrected chi connectivity index (χ3v) is 3.41. The number of aryl methyl sites for hydroxylation is 1. The van der Waals surface area contributed by atoms with Crippen LogP contribution in [0, 0.1) is 6.92 Å². The molecule has 0 saturated heterocycles. The van der Waals surface area contributed by atoms with Gasteiger partial charge in [-0.3, -0.25) is 4.79 Å². The zero-order valence-electron chi connectivity index (χ0n) is 10.2. The molecule has 0 atom stereocenters. The number of carbonyl (C=O) groups is 1. The van der Waals surface area contributed by atoms with E-state index >= 15 is 0 Å². The molecule has 0 unspecified atom stereocenters. The highest BCUT2D eigenvalue weighted by molar-refractivity contribution is 9.10. The van der Waals surface area contributed by atoms with Crippen molar-refractivity contribution in [3.63, 3.8) is 0 Å². The van der Waals surface area contributed by atoms with Gasteiger partial charge in [0.15, 0.2) is 13.1 Å². The molecule has 0 aliphatic rings. The largest absolute Gasteiger partial charge is 0.466 e. The van der Waals surface area contributed by atoms with Gasteiger partial charge in [-0.25, -0.2) is 0 Å². The van der Waals surface area contributed by atoms with Gasteiger partial charge in [0, 0.05) is 17.0 Å². The Hall–Kier alpha value is -1.39. The number of aldehydes is 1. The van der Waals surface area contributed by atoms with Crippen LogP contribution in [0.2, 0.25) is 0 Å². The maximum Gasteiger partial charge on any atom is 0.188 e. The van der Waals surface area contributed by atoms with Gasteiger partial charge in [0.05, 0.1) is 5.56 Å². The number of carbonyl (C=O) groups excluding carboxylic acids is 1. The van der Waals surface area contributed by atoms with E-state index < -0.39 is 0 Å². The summed E-state index contributed by atoms with van der Waals surface area (Å²) in [5.41, 5.74) is 1.57. The van der Waals surface area contributed by atoms with Crippen LogP contribution in [0.1, 0.15) is 15.9 Å². The first-order valence-corrected chi connectivity index (χ1v) is 6.27. The van der Waals surface area contributed by atoms with E-state index in [-0.39, 0.29) is 6.79 Å². The smallest absolute Gasteiger partial charge is 0.188 e. The molecule has 4 heteroatoms. The molecule has 94 valence electrons. The molecule has 0 N–H and O–H groups in total. The quantitative estimate of drug-likeness (QED) is 0.638. The van der Waals surface area contributed by atoms with E-state index in [4.69, 9.17) is 9.47 Å². The molecule has 0 aromatic heterocycles. The number of halogens is 1. The summed E-state index contributed by atoms with van der Waals surface area (Å²) in [4.78, 5) is 11.2. The van der Waals surface area contributed by atoms with Crippen molar-refractivity contribution in [3.8, 4) is 5.75 Å². The van der Waals surface area contributed by atoms with Crippen molar-refractivity contribution in [2.75, 3.05) is 13.9 Å². The number of benzene rings is 2. The Balaban J connectivity index is 2.77. The third kappa shape index (κ3) is 2.26. The van der Waals surface area contributed by atoms with Crippen LogP contribution in [0.3, 0.4) is 0 Å². The molecule has 2 aromatic carbocycles. The first kappa shape index (κ1) is 13.1. The molecular formula is C14H13BrO3. The standard InChI is InChI=1S/C14H13BrO3/c1-9-4-3-5-11-12(15)6-10(7-16)14(13(9)11)18-8-17-2/h3-7H,8H2,1-2H3. The predicted octanol–water partition coefficient (Wildman–Crippen LogP) is 3.71. The molecule has 18 heavy (non-hydrogen) atoms. The molecular weight excluding hydrogens is 296 g/mol. The molecule has 0 spiro atoms. The molecule has 0 radical (unpaired) electrons. The Morgan fingerprint density at radius 1 is 1.39 bits per heavy atom. The summed E-state index contributed by atoms with van der Waals surface area (Å²) < 4.78 is 11.3. The van der Waals surface area contributed by atoms with E-state index in [0.717, 1.165) is 27.1 Å². The number of hydrogen-bond acceptors (Lipinski definition) is 3. The minimum absolute atomic E-state index is 0.117. The van der Waals surface area contributed by atoms with Crippen LogP contribution < -0.4 is 4.74 Å². The van der Waals surface area contributed by atoms with Crippen molar-refractivity contribution in [2.45, 2.75) is 6.92 Å². The lowest BCUT2D eigenvalue weighted by atomic mass is 10.0. The van der Waals surface area contributed by atoms with Crippen molar-refractivity contribution in [1.82, 2.24) is 0 Å². The van der Waals surface area contributed by atoms with Crippen molar-refractivity contribution in [2.24, 2.45) is 0 Å². The zero-order valence-corrected chi connectivity index (χ0v) is 11.8. The van der Waals surface area contributed by atoms with Crippen LogP contribution in [-0.4, -0.2) is 20.2 Å². The monoisotopic (exact) mass is 308 g/mol. The van der Waals surface area contributed by atoms with Gasteiger partial charge in [-0.15, -0.1) is 0 Å². The Labute approximate surface area is 114 Å². The first-order chi connectivity index (χ1) is 8.69. The Morgan fingerprint density at radius 2 is 2.17 bits per heavy atom. The highest BCUT2D eigenvalue weighted by atomic mass is 79.9. The van der Waals surface area contributed by atoms with Gasteiger partial charge in [0.25, 0.3) is 0 Å². The second-order valence-electron chi connectivity index (χ2n) is 3.94. The predicted molar refractivity (Wildman–Crippen MR) is 74.3 cm³/mol. The fourth-order valence-corrected chi connectivity index (χ4v) is 2.53. The van der Waals surface area contributed by atoms with Crippen LogP contribution in [0.25, 0.3) is 10.8 Å². The molecule has 0 fully saturated rings. The van der Waals surface area contributed by atoms with E-state index in [1.807, 2.05) is 25.1 Å². The first-order valence-electron chi connectivity index (χ1n) is 5.47. The van der Waals surface area contributed by atoms with Crippen molar-refractivity contribution in [1.29, 1.82) is 0 Å². The van der Waals surface area contributed by atoms with Gasteiger partial charge in [0.1, 0.15) is 5.75 Å². The summed E-state index contributed by atoms with van der Waals surface area (Å²) in [5, 5.41) is 1.96. The van der Waals surface area contributed by atoms with Crippen LogP contribution >= 0.6 is 15.9 Å². The van der Waals surface area contributed by atoms with Gasteiger partial charge >= 0.3 is 0 Å². The summed E-state index contributed by atoms with van der Waals surface area (Å²) in [6.45, 7) is 2.11. The van der Waals surface area contributed by atoms with Gasteiger partial charge in [-0.1, -0.05) is 34.1 Å². The summed E-state index contributed by atoms with van der Waals surface area (Å²) in [6.07, 6.45) is 0.793. The summed E-state index contributed by atoms with van der Waals surface area (Å²) in [5.74, 6) is 0.572. The lowest BCUT2D eigenvalue weighted by molar-refractivity contribution is 0.0516. The molecule has 0 aliphatic carbocycles. The third-order valence-electron chi connectivity index (χ3n) is 2.75. The summed E-state index contributed by atoms with van der Waals surface area (Å²) >= 11 is 3.48. The molecule has 0 amide bonds. The Bertz CT molecular complexity index is 593. The van der Waals surface area contributed by atoms with Crippen molar-refractivity contribution >= 4 is 33.0 Å². The highest BCUT2D eigenvalue weighted by Gasteiger charge is 2.13. The topological polar surface area (TPSA) is 35.5 Å². The Morgan fingerprint density at radius 3 is 2.83 bits per heavy atom. The summed E-state index contributed by atoms with van der Waals surface area (Å²) in [7, 11) is 1.55. The van der Waals surface area contributed by atoms with Crippen molar-refractivity contribution < 1.29 is 14.3 Å². The van der Waals surface area contributed by atoms with Gasteiger partial charge < -0.3 is 9.47 Å². The second-order valence-corrected chi connectivity index (χ2v) is 4.80. The second kappa shape index (κ2) is 5.50. The van der Waals surface area contributed by atoms with Crippen molar-refractivity contribution in [3.05, 3.63) is 39.9 Å². The number of methoxy groups -OCH3 is 1. The van der Waals surface area contributed by atoms with Crippen LogP contribution in [0.5, 0.6) is 5.75 Å². The average molecular weight is 309 g/mol. The van der Waals surface area contributed by atoms with Crippen LogP contribution in [0.4, 0.5) is 0 Å². The minimum atomic E-state index is 0.117. The fourth-order valence-electron chi connectivity index (χ4n) is 1.95. The minimum Gasteiger partial charge on any atom is -0.466 e. The molecule has 0 heterocycles. The number of rotatable bonds is 4. The number of ether oxygens (including phenoxy) is 2. The Kier molecular flexibility index (Phi) is 3.99. The van der Waals surface area contributed by atoms with E-state index in [1.54, 1.807) is 13.2 Å². The van der Waals surface area contributed by atoms with Gasteiger partial charge in [0.2, 0.25) is 0 Å². The normalized spacial score (nSPS) is 10.6. The average Bonchev–Trinajstić information content (AvgIpc) is 2.38. The molecule has 0 bridgehead atoms. The lowest BCUT2D eigenvalue weighted by Gasteiger charge is -2.14. The van der Waals surface area contributed by atoms with Gasteiger partial charge in [-0.05, 0) is 23.9 Å². The van der Waals surface area contributed by atoms with Gasteiger partial charge in [-0.2, -0.15) is 0 Å². The lowest BCUT2D eigenvalue weighted by Crippen LogP contribution is -2.03. The van der Waals surface area contributed by atoms with E-state index in [1.165, 1.54) is 0 Å². The summed E-state index contributed by atoms with van der Waals surface area (Å²) in [6, 6.07) is 7.71. The number of hydrogen-bond donors (Lipinski definition) is 0. The molecule has 2 aromatic rings. The molecule has 3 nitrogen and oxygen atoms in total. The fraction of sp³-hybridized carbons (Fsp3) is 0.214. The van der Waals surface area contributed by atoms with E-state index in [0.29, 0.717) is 11.3 Å². The maximum absolute atomic E-state index is 11.2. The molecule has 0 aliphatic heterocycles. The SMILES string of the molecule is COCOc1c(C=O)cc(Br)c2cccc(C)c12. The van der Waals surface area contributed by atoms with Crippen LogP contribution in [0.15, 0.2) is 28.7 Å². The maximum atomic E-state index is 11.2. The number of fused-ring (bicyclic) bond motifs is 1. The molecule has 2 rings (SSSR count). The van der Waals surface area contributed by atoms with E-state index in [9.17, 15) is 4.79 Å². The van der Waals surface area contributed by atoms with Crippen LogP contribution in [-0.2, 0) is 4.74 Å². The molecule has 0 saturated carbocycles. The highest BCUT2D eigenvalue weighted by Crippen LogP contribution is 2.36. The zero-order chi connectivity index (χ0) is 13.1. The van der Waals surface area contributed by atoms with E-state index in [2.05, 4.69) is 15.9 Å².